The summed E-state index contributed by atoms with van der Waals surface area (Å²) in [6.07, 6.45) is 4.28. The number of hydrogen-bond acceptors (Lipinski definition) is 4. The third kappa shape index (κ3) is 2.99. The molecule has 0 N–H and O–H groups in total. The Morgan fingerprint density at radius 1 is 1.32 bits per heavy atom. The van der Waals surface area contributed by atoms with Gasteiger partial charge in [-0.3, -0.25) is 4.79 Å². The Morgan fingerprint density at radius 3 is 2.68 bits per heavy atom. The van der Waals surface area contributed by atoms with Gasteiger partial charge >= 0.3 is 0 Å². The molecule has 0 unspecified atom stereocenters. The fourth-order valence-electron chi connectivity index (χ4n) is 2.40. The van der Waals surface area contributed by atoms with Gasteiger partial charge in [-0.2, -0.15) is 0 Å². The highest BCUT2D eigenvalue weighted by atomic mass is 35.5. The van der Waals surface area contributed by atoms with Crippen molar-refractivity contribution >= 4 is 29.1 Å². The SMILES string of the molecule is COc1nc(C(=O)c2ccc(SC)c(Cl)c2)ccc1C1CC1. The van der Waals surface area contributed by atoms with Crippen molar-refractivity contribution in [1.82, 2.24) is 4.98 Å². The molecule has 1 fully saturated rings. The summed E-state index contributed by atoms with van der Waals surface area (Å²) in [4.78, 5) is 17.9. The van der Waals surface area contributed by atoms with Crippen LogP contribution in [0.1, 0.15) is 40.4 Å². The van der Waals surface area contributed by atoms with Crippen LogP contribution in [0.5, 0.6) is 5.88 Å². The summed E-state index contributed by atoms with van der Waals surface area (Å²) in [5, 5.41) is 0.583. The van der Waals surface area contributed by atoms with Crippen molar-refractivity contribution in [3.63, 3.8) is 0 Å². The molecule has 0 aliphatic heterocycles. The molecule has 1 aliphatic carbocycles. The van der Waals surface area contributed by atoms with Crippen molar-refractivity contribution in [2.45, 2.75) is 23.7 Å². The van der Waals surface area contributed by atoms with E-state index < -0.39 is 0 Å². The van der Waals surface area contributed by atoms with Gasteiger partial charge in [0.25, 0.3) is 0 Å². The second-order valence-electron chi connectivity index (χ2n) is 5.25. The number of ketones is 1. The van der Waals surface area contributed by atoms with E-state index in [1.54, 1.807) is 37.1 Å². The molecule has 0 bridgehead atoms. The van der Waals surface area contributed by atoms with Crippen LogP contribution in [0.2, 0.25) is 5.02 Å². The van der Waals surface area contributed by atoms with Crippen molar-refractivity contribution in [1.29, 1.82) is 0 Å². The van der Waals surface area contributed by atoms with Crippen molar-refractivity contribution in [2.75, 3.05) is 13.4 Å². The Balaban J connectivity index is 1.93. The predicted octanol–water partition coefficient (Wildman–Crippen LogP) is 4.57. The minimum atomic E-state index is -0.143. The van der Waals surface area contributed by atoms with Gasteiger partial charge in [0, 0.05) is 16.0 Å². The van der Waals surface area contributed by atoms with Gasteiger partial charge in [0.2, 0.25) is 11.7 Å². The van der Waals surface area contributed by atoms with Gasteiger partial charge in [-0.25, -0.2) is 4.98 Å². The lowest BCUT2D eigenvalue weighted by Gasteiger charge is -2.09. The third-order valence-electron chi connectivity index (χ3n) is 3.75. The highest BCUT2D eigenvalue weighted by Crippen LogP contribution is 2.43. The van der Waals surface area contributed by atoms with Gasteiger partial charge < -0.3 is 4.74 Å². The molecular formula is C17H16ClNO2S. The molecule has 1 heterocycles. The van der Waals surface area contributed by atoms with Crippen LogP contribution >= 0.6 is 23.4 Å². The number of ether oxygens (including phenoxy) is 1. The average Bonchev–Trinajstić information content (AvgIpc) is 3.38. The molecule has 0 saturated heterocycles. The first-order chi connectivity index (χ1) is 10.6. The van der Waals surface area contributed by atoms with Crippen LogP contribution in [0.15, 0.2) is 35.2 Å². The quantitative estimate of drug-likeness (QED) is 0.593. The molecule has 1 aromatic heterocycles. The van der Waals surface area contributed by atoms with Crippen molar-refractivity contribution in [3.05, 3.63) is 52.2 Å². The zero-order valence-electron chi connectivity index (χ0n) is 12.4. The summed E-state index contributed by atoms with van der Waals surface area (Å²) >= 11 is 7.73. The van der Waals surface area contributed by atoms with Crippen LogP contribution in [0.3, 0.4) is 0 Å². The molecular weight excluding hydrogens is 318 g/mol. The first-order valence-corrected chi connectivity index (χ1v) is 8.67. The number of pyridine rings is 1. The number of nitrogens with zero attached hydrogens (tertiary/aromatic N) is 1. The topological polar surface area (TPSA) is 39.2 Å². The van der Waals surface area contributed by atoms with E-state index in [4.69, 9.17) is 16.3 Å². The number of thioether (sulfide) groups is 1. The number of benzene rings is 1. The Bertz CT molecular complexity index is 729. The van der Waals surface area contributed by atoms with E-state index in [1.165, 1.54) is 0 Å². The molecule has 2 aromatic rings. The Morgan fingerprint density at radius 2 is 2.09 bits per heavy atom. The molecule has 0 atom stereocenters. The van der Waals surface area contributed by atoms with E-state index in [2.05, 4.69) is 4.98 Å². The highest BCUT2D eigenvalue weighted by molar-refractivity contribution is 7.98. The predicted molar refractivity (Wildman–Crippen MR) is 89.4 cm³/mol. The number of halogens is 1. The van der Waals surface area contributed by atoms with E-state index in [9.17, 15) is 4.79 Å². The number of carbonyl (C=O) groups is 1. The number of rotatable bonds is 5. The van der Waals surface area contributed by atoms with Crippen LogP contribution in [0.25, 0.3) is 0 Å². The minimum Gasteiger partial charge on any atom is -0.481 e. The average molecular weight is 334 g/mol. The summed E-state index contributed by atoms with van der Waals surface area (Å²) in [6, 6.07) is 9.06. The highest BCUT2D eigenvalue weighted by Gasteiger charge is 2.28. The minimum absolute atomic E-state index is 0.143. The summed E-state index contributed by atoms with van der Waals surface area (Å²) < 4.78 is 5.34. The Kier molecular flexibility index (Phi) is 4.41. The van der Waals surface area contributed by atoms with E-state index >= 15 is 0 Å². The molecule has 1 aromatic carbocycles. The lowest BCUT2D eigenvalue weighted by molar-refractivity contribution is 0.103. The Labute approximate surface area is 139 Å². The molecule has 1 aliphatic rings. The fourth-order valence-corrected chi connectivity index (χ4v) is 3.27. The summed E-state index contributed by atoms with van der Waals surface area (Å²) in [6.45, 7) is 0. The standard InChI is InChI=1S/C17H16ClNO2S/c1-21-17-12(10-3-4-10)6-7-14(19-17)16(20)11-5-8-15(22-2)13(18)9-11/h5-10H,3-4H2,1-2H3. The van der Waals surface area contributed by atoms with E-state index in [1.807, 2.05) is 18.4 Å². The van der Waals surface area contributed by atoms with E-state index in [-0.39, 0.29) is 5.78 Å². The summed E-state index contributed by atoms with van der Waals surface area (Å²) in [7, 11) is 1.59. The van der Waals surface area contributed by atoms with Gasteiger partial charge in [-0.05, 0) is 49.3 Å². The molecule has 0 spiro atoms. The zero-order valence-corrected chi connectivity index (χ0v) is 14.0. The zero-order chi connectivity index (χ0) is 15.7. The van der Waals surface area contributed by atoms with Gasteiger partial charge in [0.15, 0.2) is 0 Å². The van der Waals surface area contributed by atoms with Crippen LogP contribution in [-0.2, 0) is 0 Å². The lowest BCUT2D eigenvalue weighted by Crippen LogP contribution is -2.06. The summed E-state index contributed by atoms with van der Waals surface area (Å²) in [5.74, 6) is 0.942. The van der Waals surface area contributed by atoms with E-state index in [0.29, 0.717) is 28.1 Å². The molecule has 0 amide bonds. The van der Waals surface area contributed by atoms with Crippen LogP contribution in [-0.4, -0.2) is 24.1 Å². The maximum absolute atomic E-state index is 12.6. The van der Waals surface area contributed by atoms with Crippen LogP contribution in [0, 0.1) is 0 Å². The molecule has 5 heteroatoms. The molecule has 3 nitrogen and oxygen atoms in total. The van der Waals surface area contributed by atoms with Crippen molar-refractivity contribution in [2.24, 2.45) is 0 Å². The maximum atomic E-state index is 12.6. The first kappa shape index (κ1) is 15.4. The smallest absolute Gasteiger partial charge is 0.217 e. The fraction of sp³-hybridized carbons (Fsp3) is 0.294. The lowest BCUT2D eigenvalue weighted by atomic mass is 10.1. The van der Waals surface area contributed by atoms with Crippen LogP contribution in [0.4, 0.5) is 0 Å². The third-order valence-corrected chi connectivity index (χ3v) is 4.97. The number of methoxy groups -OCH3 is 1. The molecule has 1 saturated carbocycles. The summed E-state index contributed by atoms with van der Waals surface area (Å²) in [5.41, 5.74) is 2.01. The monoisotopic (exact) mass is 333 g/mol. The molecule has 114 valence electrons. The first-order valence-electron chi connectivity index (χ1n) is 7.07. The number of hydrogen-bond donors (Lipinski definition) is 0. The normalized spacial score (nSPS) is 14.0. The van der Waals surface area contributed by atoms with Crippen molar-refractivity contribution in [3.8, 4) is 5.88 Å². The second-order valence-corrected chi connectivity index (χ2v) is 6.50. The van der Waals surface area contributed by atoms with Gasteiger partial charge in [-0.15, -0.1) is 11.8 Å². The molecule has 0 radical (unpaired) electrons. The molecule has 3 rings (SSSR count). The number of aromatic nitrogens is 1. The number of carbonyl (C=O) groups excluding carboxylic acids is 1. The Hall–Kier alpha value is -1.52. The van der Waals surface area contributed by atoms with Gasteiger partial charge in [0.05, 0.1) is 12.1 Å². The largest absolute Gasteiger partial charge is 0.481 e. The van der Waals surface area contributed by atoms with Crippen molar-refractivity contribution < 1.29 is 9.53 Å². The maximum Gasteiger partial charge on any atom is 0.217 e. The van der Waals surface area contributed by atoms with Gasteiger partial charge in [-0.1, -0.05) is 17.7 Å². The molecule has 22 heavy (non-hydrogen) atoms. The van der Waals surface area contributed by atoms with Crippen LogP contribution < -0.4 is 4.74 Å². The second kappa shape index (κ2) is 6.31. The van der Waals surface area contributed by atoms with E-state index in [0.717, 1.165) is 23.3 Å². The van der Waals surface area contributed by atoms with Gasteiger partial charge in [0.1, 0.15) is 5.69 Å².